The Bertz CT molecular complexity index is 2060. The van der Waals surface area contributed by atoms with Gasteiger partial charge in [-0.05, 0) is 71.0 Å². The number of amides is 2. The van der Waals surface area contributed by atoms with Crippen molar-refractivity contribution in [3.05, 3.63) is 138 Å². The van der Waals surface area contributed by atoms with Crippen LogP contribution in [-0.4, -0.2) is 37.7 Å². The molecule has 2 aromatic heterocycles. The highest BCUT2D eigenvalue weighted by Gasteiger charge is 2.20. The number of aromatic nitrogens is 3. The standard InChI is InChI=1S/C39H37N5O3/c1-39(2,3)31-15-11-26(12-16-31)24-44-36(22-35(43-44)30-20-27-7-4-5-10-34(27)41-23-30)28-8-6-9-29(21-28)37(46)42-38(47)33(40)19-25-13-17-32(45)18-14-25/h4-18,20-23,33,45H,19,24,40H2,1-3H3,(H,42,46,47)/t33-/m0/s1. The van der Waals surface area contributed by atoms with Crippen molar-refractivity contribution in [2.45, 2.75) is 45.2 Å². The highest BCUT2D eigenvalue weighted by atomic mass is 16.3. The van der Waals surface area contributed by atoms with Gasteiger partial charge in [-0.15, -0.1) is 0 Å². The highest BCUT2D eigenvalue weighted by molar-refractivity contribution is 6.06. The molecule has 2 heterocycles. The molecule has 0 saturated carbocycles. The molecule has 4 aromatic carbocycles. The fourth-order valence-corrected chi connectivity index (χ4v) is 5.48. The number of nitrogens with two attached hydrogens (primary N) is 1. The Kier molecular flexibility index (Phi) is 8.70. The van der Waals surface area contributed by atoms with Crippen LogP contribution in [0.15, 0.2) is 115 Å². The number of nitrogens with zero attached hydrogens (tertiary/aromatic N) is 3. The van der Waals surface area contributed by atoms with Crippen LogP contribution in [0.4, 0.5) is 0 Å². The van der Waals surface area contributed by atoms with Gasteiger partial charge in [-0.25, -0.2) is 0 Å². The van der Waals surface area contributed by atoms with Gasteiger partial charge in [-0.3, -0.25) is 24.6 Å². The molecule has 1 atom stereocenters. The average molecular weight is 624 g/mol. The fourth-order valence-electron chi connectivity index (χ4n) is 5.48. The molecule has 0 spiro atoms. The van der Waals surface area contributed by atoms with Gasteiger partial charge in [0.05, 0.1) is 29.5 Å². The van der Waals surface area contributed by atoms with Gasteiger partial charge in [0.2, 0.25) is 5.91 Å². The van der Waals surface area contributed by atoms with Gasteiger partial charge in [0, 0.05) is 28.3 Å². The molecule has 0 aliphatic carbocycles. The molecule has 0 aliphatic rings. The predicted octanol–water partition coefficient (Wildman–Crippen LogP) is 6.64. The van der Waals surface area contributed by atoms with Gasteiger partial charge in [0.15, 0.2) is 0 Å². The number of imide groups is 1. The van der Waals surface area contributed by atoms with E-state index in [0.29, 0.717) is 12.1 Å². The Morgan fingerprint density at radius 3 is 2.32 bits per heavy atom. The number of nitrogens with one attached hydrogen (secondary N) is 1. The molecule has 0 unspecified atom stereocenters. The third-order valence-electron chi connectivity index (χ3n) is 8.20. The number of phenols is 1. The Hall–Kier alpha value is -5.60. The summed E-state index contributed by atoms with van der Waals surface area (Å²) in [6.45, 7) is 7.09. The number of carbonyl (C=O) groups excluding carboxylic acids is 2. The second-order valence-corrected chi connectivity index (χ2v) is 12.8. The maximum absolute atomic E-state index is 13.2. The first-order valence-corrected chi connectivity index (χ1v) is 15.5. The lowest BCUT2D eigenvalue weighted by Gasteiger charge is -2.19. The molecule has 47 heavy (non-hydrogen) atoms. The van der Waals surface area contributed by atoms with Gasteiger partial charge >= 0.3 is 0 Å². The van der Waals surface area contributed by atoms with Crippen molar-refractivity contribution < 1.29 is 14.7 Å². The lowest BCUT2D eigenvalue weighted by Crippen LogP contribution is -2.44. The van der Waals surface area contributed by atoms with Crippen molar-refractivity contribution >= 4 is 22.7 Å². The third-order valence-corrected chi connectivity index (χ3v) is 8.20. The molecule has 4 N–H and O–H groups in total. The summed E-state index contributed by atoms with van der Waals surface area (Å²) < 4.78 is 1.94. The van der Waals surface area contributed by atoms with Gasteiger partial charge in [-0.2, -0.15) is 5.10 Å². The quantitative estimate of drug-likeness (QED) is 0.175. The molecular formula is C39H37N5O3. The van der Waals surface area contributed by atoms with Crippen LogP contribution in [0.2, 0.25) is 0 Å². The number of hydrogen-bond donors (Lipinski definition) is 3. The first-order chi connectivity index (χ1) is 22.5. The third kappa shape index (κ3) is 7.29. The molecule has 0 radical (unpaired) electrons. The Morgan fingerprint density at radius 1 is 0.851 bits per heavy atom. The number of aromatic hydroxyl groups is 1. The zero-order chi connectivity index (χ0) is 33.1. The molecular weight excluding hydrogens is 586 g/mol. The summed E-state index contributed by atoms with van der Waals surface area (Å²) in [6.07, 6.45) is 2.05. The maximum Gasteiger partial charge on any atom is 0.257 e. The number of pyridine rings is 1. The summed E-state index contributed by atoms with van der Waals surface area (Å²) in [4.78, 5) is 30.7. The van der Waals surface area contributed by atoms with Crippen LogP contribution in [0.1, 0.15) is 47.8 Å². The zero-order valence-electron chi connectivity index (χ0n) is 26.6. The van der Waals surface area contributed by atoms with Gasteiger partial charge in [-0.1, -0.05) is 87.5 Å². The van der Waals surface area contributed by atoms with E-state index in [-0.39, 0.29) is 17.6 Å². The molecule has 6 rings (SSSR count). The van der Waals surface area contributed by atoms with E-state index in [9.17, 15) is 14.7 Å². The second kappa shape index (κ2) is 13.0. The monoisotopic (exact) mass is 623 g/mol. The minimum atomic E-state index is -0.934. The molecule has 6 aromatic rings. The average Bonchev–Trinajstić information content (AvgIpc) is 3.49. The van der Waals surface area contributed by atoms with Crippen molar-refractivity contribution in [1.29, 1.82) is 0 Å². The first kappa shape index (κ1) is 31.4. The van der Waals surface area contributed by atoms with Crippen LogP contribution >= 0.6 is 0 Å². The number of rotatable bonds is 8. The molecule has 0 fully saturated rings. The molecule has 0 saturated heterocycles. The van der Waals surface area contributed by atoms with E-state index in [1.807, 2.05) is 47.3 Å². The largest absolute Gasteiger partial charge is 0.508 e. The van der Waals surface area contributed by atoms with Crippen molar-refractivity contribution in [2.75, 3.05) is 0 Å². The van der Waals surface area contributed by atoms with Crippen LogP contribution in [-0.2, 0) is 23.2 Å². The zero-order valence-corrected chi connectivity index (χ0v) is 26.6. The van der Waals surface area contributed by atoms with Crippen molar-refractivity contribution in [3.63, 3.8) is 0 Å². The second-order valence-electron chi connectivity index (χ2n) is 12.8. The molecule has 0 bridgehead atoms. The van der Waals surface area contributed by atoms with E-state index in [2.05, 4.69) is 61.4 Å². The van der Waals surface area contributed by atoms with Crippen LogP contribution < -0.4 is 11.1 Å². The number of benzene rings is 4. The van der Waals surface area contributed by atoms with E-state index in [4.69, 9.17) is 10.8 Å². The summed E-state index contributed by atoms with van der Waals surface area (Å²) in [7, 11) is 0. The lowest BCUT2D eigenvalue weighted by molar-refractivity contribution is -0.121. The first-order valence-electron chi connectivity index (χ1n) is 15.5. The smallest absolute Gasteiger partial charge is 0.257 e. The van der Waals surface area contributed by atoms with Crippen LogP contribution in [0, 0.1) is 0 Å². The van der Waals surface area contributed by atoms with E-state index in [1.54, 1.807) is 30.3 Å². The Morgan fingerprint density at radius 2 is 1.57 bits per heavy atom. The van der Waals surface area contributed by atoms with E-state index < -0.39 is 17.9 Å². The normalized spacial score (nSPS) is 12.2. The summed E-state index contributed by atoms with van der Waals surface area (Å²) in [6, 6.07) is 33.2. The van der Waals surface area contributed by atoms with E-state index in [0.717, 1.165) is 44.5 Å². The lowest BCUT2D eigenvalue weighted by atomic mass is 9.87. The van der Waals surface area contributed by atoms with Crippen molar-refractivity contribution in [1.82, 2.24) is 20.1 Å². The fraction of sp³-hybridized carbons (Fsp3) is 0.179. The predicted molar refractivity (Wildman–Crippen MR) is 185 cm³/mol. The highest BCUT2D eigenvalue weighted by Crippen LogP contribution is 2.30. The van der Waals surface area contributed by atoms with Crippen molar-refractivity contribution in [3.8, 4) is 28.3 Å². The topological polar surface area (TPSA) is 123 Å². The summed E-state index contributed by atoms with van der Waals surface area (Å²) in [5, 5.41) is 18.0. The summed E-state index contributed by atoms with van der Waals surface area (Å²) in [5.41, 5.74) is 13.7. The van der Waals surface area contributed by atoms with Crippen LogP contribution in [0.25, 0.3) is 33.4 Å². The SMILES string of the molecule is CC(C)(C)c1ccc(Cn2nc(-c3cnc4ccccc4c3)cc2-c2cccc(C(=O)NC(=O)[C@@H](N)Cc3ccc(O)cc3)c2)cc1. The summed E-state index contributed by atoms with van der Waals surface area (Å²) >= 11 is 0. The van der Waals surface area contributed by atoms with Crippen LogP contribution in [0.5, 0.6) is 5.75 Å². The Labute approximate surface area is 273 Å². The number of hydrogen-bond acceptors (Lipinski definition) is 6. The van der Waals surface area contributed by atoms with E-state index in [1.165, 1.54) is 17.7 Å². The molecule has 8 nitrogen and oxygen atoms in total. The van der Waals surface area contributed by atoms with Gasteiger partial charge in [0.1, 0.15) is 5.75 Å². The molecule has 8 heteroatoms. The van der Waals surface area contributed by atoms with E-state index >= 15 is 0 Å². The minimum absolute atomic E-state index is 0.0451. The number of phenolic OH excluding ortho intramolecular Hbond substituents is 1. The minimum Gasteiger partial charge on any atom is -0.508 e. The molecule has 2 amide bonds. The van der Waals surface area contributed by atoms with Crippen molar-refractivity contribution in [2.24, 2.45) is 5.73 Å². The number of para-hydroxylation sites is 1. The van der Waals surface area contributed by atoms with Gasteiger partial charge < -0.3 is 10.8 Å². The molecule has 0 aliphatic heterocycles. The summed E-state index contributed by atoms with van der Waals surface area (Å²) in [5.74, 6) is -0.994. The number of carbonyl (C=O) groups is 2. The molecule has 236 valence electrons. The van der Waals surface area contributed by atoms with Gasteiger partial charge in [0.25, 0.3) is 5.91 Å². The maximum atomic E-state index is 13.2. The number of fused-ring (bicyclic) bond motifs is 1. The Balaban J connectivity index is 1.29. The van der Waals surface area contributed by atoms with Crippen LogP contribution in [0.3, 0.4) is 0 Å².